The summed E-state index contributed by atoms with van der Waals surface area (Å²) >= 11 is 0. The standard InChI is InChI=1S/C12H15N3O/c1-12(2,3)15(4)11(16)9-5-6-14-10(7-9)8-13/h5-7H,1-4H3. The first-order valence-corrected chi connectivity index (χ1v) is 5.00. The van der Waals surface area contributed by atoms with Gasteiger partial charge >= 0.3 is 0 Å². The Kier molecular flexibility index (Phi) is 3.28. The molecule has 0 spiro atoms. The second-order valence-electron chi connectivity index (χ2n) is 4.58. The van der Waals surface area contributed by atoms with Gasteiger partial charge in [0.2, 0.25) is 0 Å². The average Bonchev–Trinajstić information content (AvgIpc) is 2.26. The van der Waals surface area contributed by atoms with Crippen molar-refractivity contribution in [1.82, 2.24) is 9.88 Å². The number of hydrogen-bond donors (Lipinski definition) is 0. The van der Waals surface area contributed by atoms with Crippen LogP contribution in [0.15, 0.2) is 18.3 Å². The lowest BCUT2D eigenvalue weighted by molar-refractivity contribution is 0.0655. The number of nitriles is 1. The van der Waals surface area contributed by atoms with E-state index in [1.54, 1.807) is 18.0 Å². The lowest BCUT2D eigenvalue weighted by Crippen LogP contribution is -2.42. The van der Waals surface area contributed by atoms with Crippen molar-refractivity contribution < 1.29 is 4.79 Å². The molecule has 0 aliphatic carbocycles. The van der Waals surface area contributed by atoms with Gasteiger partial charge in [-0.1, -0.05) is 0 Å². The molecule has 0 radical (unpaired) electrons. The molecular weight excluding hydrogens is 202 g/mol. The van der Waals surface area contributed by atoms with E-state index in [2.05, 4.69) is 4.98 Å². The number of aromatic nitrogens is 1. The molecule has 0 saturated heterocycles. The van der Waals surface area contributed by atoms with Gasteiger partial charge in [0.15, 0.2) is 0 Å². The van der Waals surface area contributed by atoms with Crippen molar-refractivity contribution in [3.63, 3.8) is 0 Å². The number of amides is 1. The highest BCUT2D eigenvalue weighted by Crippen LogP contribution is 2.14. The molecule has 0 unspecified atom stereocenters. The molecule has 0 aliphatic rings. The smallest absolute Gasteiger partial charge is 0.254 e. The zero-order chi connectivity index (χ0) is 12.3. The molecule has 1 aromatic rings. The summed E-state index contributed by atoms with van der Waals surface area (Å²) in [6.45, 7) is 5.87. The van der Waals surface area contributed by atoms with Crippen LogP contribution >= 0.6 is 0 Å². The van der Waals surface area contributed by atoms with E-state index >= 15 is 0 Å². The Bertz CT molecular complexity index is 440. The Morgan fingerprint density at radius 1 is 1.50 bits per heavy atom. The van der Waals surface area contributed by atoms with Crippen LogP contribution in [0.1, 0.15) is 36.8 Å². The average molecular weight is 217 g/mol. The van der Waals surface area contributed by atoms with E-state index in [4.69, 9.17) is 5.26 Å². The quantitative estimate of drug-likeness (QED) is 0.721. The maximum atomic E-state index is 12.0. The van der Waals surface area contributed by atoms with E-state index in [-0.39, 0.29) is 17.1 Å². The van der Waals surface area contributed by atoms with Crippen molar-refractivity contribution in [2.75, 3.05) is 7.05 Å². The summed E-state index contributed by atoms with van der Waals surface area (Å²) in [4.78, 5) is 17.5. The van der Waals surface area contributed by atoms with Crippen LogP contribution in [0.5, 0.6) is 0 Å². The maximum absolute atomic E-state index is 12.0. The minimum atomic E-state index is -0.243. The van der Waals surface area contributed by atoms with Gasteiger partial charge in [-0.15, -0.1) is 0 Å². The summed E-state index contributed by atoms with van der Waals surface area (Å²) < 4.78 is 0. The van der Waals surface area contributed by atoms with Gasteiger partial charge in [0.1, 0.15) is 11.8 Å². The van der Waals surface area contributed by atoms with Crippen LogP contribution in [-0.4, -0.2) is 28.4 Å². The molecular formula is C12H15N3O. The van der Waals surface area contributed by atoms with Gasteiger partial charge in [0.05, 0.1) is 0 Å². The zero-order valence-electron chi connectivity index (χ0n) is 9.98. The zero-order valence-corrected chi connectivity index (χ0v) is 9.98. The highest BCUT2D eigenvalue weighted by molar-refractivity contribution is 5.94. The summed E-state index contributed by atoms with van der Waals surface area (Å²) in [5, 5.41) is 8.70. The van der Waals surface area contributed by atoms with Gasteiger partial charge in [-0.05, 0) is 32.9 Å². The SMILES string of the molecule is CN(C(=O)c1ccnc(C#N)c1)C(C)(C)C. The molecule has 0 bridgehead atoms. The second-order valence-corrected chi connectivity index (χ2v) is 4.58. The molecule has 16 heavy (non-hydrogen) atoms. The third-order valence-electron chi connectivity index (χ3n) is 2.43. The molecule has 4 heteroatoms. The van der Waals surface area contributed by atoms with E-state index in [0.29, 0.717) is 5.56 Å². The van der Waals surface area contributed by atoms with Crippen LogP contribution in [-0.2, 0) is 0 Å². The number of hydrogen-bond acceptors (Lipinski definition) is 3. The topological polar surface area (TPSA) is 57.0 Å². The van der Waals surface area contributed by atoms with Crippen molar-refractivity contribution in [3.05, 3.63) is 29.6 Å². The van der Waals surface area contributed by atoms with Crippen LogP contribution in [0.25, 0.3) is 0 Å². The molecule has 0 fully saturated rings. The Hall–Kier alpha value is -1.89. The molecule has 1 rings (SSSR count). The van der Waals surface area contributed by atoms with Gasteiger partial charge < -0.3 is 4.90 Å². The van der Waals surface area contributed by atoms with E-state index in [1.807, 2.05) is 26.8 Å². The first-order chi connectivity index (χ1) is 7.36. The van der Waals surface area contributed by atoms with Crippen LogP contribution in [0.2, 0.25) is 0 Å². The largest absolute Gasteiger partial charge is 0.337 e. The third-order valence-corrected chi connectivity index (χ3v) is 2.43. The number of carbonyl (C=O) groups excluding carboxylic acids is 1. The molecule has 0 atom stereocenters. The minimum Gasteiger partial charge on any atom is -0.337 e. The van der Waals surface area contributed by atoms with Crippen molar-refractivity contribution in [1.29, 1.82) is 5.26 Å². The Balaban J connectivity index is 3.02. The number of nitrogens with zero attached hydrogens (tertiary/aromatic N) is 3. The summed E-state index contributed by atoms with van der Waals surface area (Å²) in [7, 11) is 1.74. The fourth-order valence-electron chi connectivity index (χ4n) is 1.12. The van der Waals surface area contributed by atoms with Crippen LogP contribution in [0, 0.1) is 11.3 Å². The predicted molar refractivity (Wildman–Crippen MR) is 60.8 cm³/mol. The highest BCUT2D eigenvalue weighted by Gasteiger charge is 2.23. The second kappa shape index (κ2) is 4.31. The molecule has 0 aromatic carbocycles. The maximum Gasteiger partial charge on any atom is 0.254 e. The lowest BCUT2D eigenvalue weighted by Gasteiger charge is -2.32. The molecule has 0 N–H and O–H groups in total. The van der Waals surface area contributed by atoms with Gasteiger partial charge in [0, 0.05) is 24.3 Å². The monoisotopic (exact) mass is 217 g/mol. The van der Waals surface area contributed by atoms with Gasteiger partial charge in [0.25, 0.3) is 5.91 Å². The van der Waals surface area contributed by atoms with E-state index in [9.17, 15) is 4.79 Å². The Labute approximate surface area is 95.5 Å². The number of carbonyl (C=O) groups is 1. The number of pyridine rings is 1. The fourth-order valence-corrected chi connectivity index (χ4v) is 1.12. The van der Waals surface area contributed by atoms with Crippen molar-refractivity contribution in [2.24, 2.45) is 0 Å². The Morgan fingerprint density at radius 2 is 2.12 bits per heavy atom. The molecule has 84 valence electrons. The van der Waals surface area contributed by atoms with Gasteiger partial charge in [-0.3, -0.25) is 4.79 Å². The third kappa shape index (κ3) is 2.57. The first-order valence-electron chi connectivity index (χ1n) is 5.00. The molecule has 1 heterocycles. The first kappa shape index (κ1) is 12.2. The van der Waals surface area contributed by atoms with Crippen molar-refractivity contribution in [2.45, 2.75) is 26.3 Å². The Morgan fingerprint density at radius 3 is 2.62 bits per heavy atom. The molecule has 4 nitrogen and oxygen atoms in total. The number of rotatable bonds is 1. The highest BCUT2D eigenvalue weighted by atomic mass is 16.2. The van der Waals surface area contributed by atoms with Gasteiger partial charge in [-0.2, -0.15) is 5.26 Å². The van der Waals surface area contributed by atoms with Crippen molar-refractivity contribution in [3.8, 4) is 6.07 Å². The van der Waals surface area contributed by atoms with E-state index in [0.717, 1.165) is 0 Å². The lowest BCUT2D eigenvalue weighted by atomic mass is 10.1. The molecule has 1 aromatic heterocycles. The predicted octanol–water partition coefficient (Wildman–Crippen LogP) is 1.82. The van der Waals surface area contributed by atoms with Crippen molar-refractivity contribution >= 4 is 5.91 Å². The van der Waals surface area contributed by atoms with Gasteiger partial charge in [-0.25, -0.2) is 4.98 Å². The fraction of sp³-hybridized carbons (Fsp3) is 0.417. The normalized spacial score (nSPS) is 10.7. The summed E-state index contributed by atoms with van der Waals surface area (Å²) in [6.07, 6.45) is 1.47. The van der Waals surface area contributed by atoms with E-state index < -0.39 is 0 Å². The molecule has 0 aliphatic heterocycles. The minimum absolute atomic E-state index is 0.105. The van der Waals surface area contributed by atoms with Crippen LogP contribution in [0.4, 0.5) is 0 Å². The van der Waals surface area contributed by atoms with Crippen LogP contribution in [0.3, 0.4) is 0 Å². The van der Waals surface area contributed by atoms with E-state index in [1.165, 1.54) is 12.3 Å². The summed E-state index contributed by atoms with van der Waals surface area (Å²) in [5.41, 5.74) is 0.504. The summed E-state index contributed by atoms with van der Waals surface area (Å²) in [6, 6.07) is 5.04. The molecule has 1 amide bonds. The molecule has 0 saturated carbocycles. The van der Waals surface area contributed by atoms with Crippen LogP contribution < -0.4 is 0 Å². The summed E-state index contributed by atoms with van der Waals surface area (Å²) in [5.74, 6) is -0.105.